The number of hydrogen-bond acceptors (Lipinski definition) is 6. The van der Waals surface area contributed by atoms with Gasteiger partial charge in [0.05, 0.1) is 0 Å². The topological polar surface area (TPSA) is 100 Å². The molecule has 1 aliphatic heterocycles. The van der Waals surface area contributed by atoms with Crippen LogP contribution in [0.15, 0.2) is 51.7 Å². The van der Waals surface area contributed by atoms with Crippen molar-refractivity contribution in [3.63, 3.8) is 0 Å². The fraction of sp³-hybridized carbons (Fsp3) is 0.286. The number of H-pyrrole nitrogens is 1. The lowest BCUT2D eigenvalue weighted by Gasteiger charge is -2.32. The highest BCUT2D eigenvalue weighted by Crippen LogP contribution is 2.23. The van der Waals surface area contributed by atoms with Gasteiger partial charge in [-0.25, -0.2) is 14.7 Å². The van der Waals surface area contributed by atoms with Gasteiger partial charge in [-0.3, -0.25) is 0 Å². The summed E-state index contributed by atoms with van der Waals surface area (Å²) in [7, 11) is 0. The van der Waals surface area contributed by atoms with Crippen molar-refractivity contribution in [2.45, 2.75) is 25.5 Å². The molecule has 1 fully saturated rings. The molecular weight excluding hydrogens is 443 g/mol. The number of ether oxygens (including phenoxy) is 1. The van der Waals surface area contributed by atoms with E-state index in [0.717, 1.165) is 24.1 Å². The third-order valence-corrected chi connectivity index (χ3v) is 5.39. The maximum atomic E-state index is 12.4. The molecule has 4 rings (SSSR count). The van der Waals surface area contributed by atoms with E-state index in [1.54, 1.807) is 23.1 Å². The third kappa shape index (κ3) is 5.59. The van der Waals surface area contributed by atoms with Gasteiger partial charge in [0, 0.05) is 40.4 Å². The molecule has 0 unspecified atom stereocenters. The molecule has 1 saturated heterocycles. The van der Waals surface area contributed by atoms with E-state index >= 15 is 0 Å². The van der Waals surface area contributed by atoms with Crippen molar-refractivity contribution in [1.82, 2.24) is 15.1 Å². The molecule has 2 N–H and O–H groups in total. The maximum absolute atomic E-state index is 12.4. The number of rotatable bonds is 5. The van der Waals surface area contributed by atoms with E-state index in [1.807, 2.05) is 24.3 Å². The first-order chi connectivity index (χ1) is 15.0. The Kier molecular flexibility index (Phi) is 6.48. The summed E-state index contributed by atoms with van der Waals surface area (Å²) in [5, 5.41) is 10.6. The zero-order valence-corrected chi connectivity index (χ0v) is 17.9. The Morgan fingerprint density at radius 3 is 2.61 bits per heavy atom. The van der Waals surface area contributed by atoms with Gasteiger partial charge in [-0.05, 0) is 54.8 Å². The highest BCUT2D eigenvalue weighted by Gasteiger charge is 2.24. The normalized spacial score (nSPS) is 14.5. The van der Waals surface area contributed by atoms with Gasteiger partial charge >= 0.3 is 11.8 Å². The van der Waals surface area contributed by atoms with Crippen LogP contribution in [0.1, 0.15) is 18.4 Å². The molecule has 0 bridgehead atoms. The van der Waals surface area contributed by atoms with Crippen LogP contribution in [0.2, 0.25) is 10.0 Å². The zero-order valence-electron chi connectivity index (χ0n) is 16.4. The van der Waals surface area contributed by atoms with Crippen LogP contribution < -0.4 is 11.1 Å². The molecule has 0 aliphatic carbocycles. The van der Waals surface area contributed by atoms with Crippen LogP contribution in [0.5, 0.6) is 0 Å². The summed E-state index contributed by atoms with van der Waals surface area (Å²) >= 11 is 12.0. The molecule has 1 aliphatic rings. The van der Waals surface area contributed by atoms with Gasteiger partial charge in [-0.1, -0.05) is 29.3 Å². The SMILES string of the molecule is O=C(OCc1cc(Cl)cc(Cl)c1)N1CCC(Nc2cccc(-c3n[nH]c(=O)o3)c2)CC1. The van der Waals surface area contributed by atoms with Crippen LogP contribution in [-0.4, -0.2) is 40.3 Å². The van der Waals surface area contributed by atoms with Crippen molar-refractivity contribution >= 4 is 35.0 Å². The number of aromatic amines is 1. The number of likely N-dealkylation sites (tertiary alicyclic amines) is 1. The van der Waals surface area contributed by atoms with Crippen LogP contribution in [0.3, 0.4) is 0 Å². The Labute approximate surface area is 188 Å². The average molecular weight is 463 g/mol. The van der Waals surface area contributed by atoms with Crippen LogP contribution >= 0.6 is 23.2 Å². The van der Waals surface area contributed by atoms with E-state index in [9.17, 15) is 9.59 Å². The number of carbonyl (C=O) groups excluding carboxylic acids is 1. The number of aromatic nitrogens is 2. The first-order valence-electron chi connectivity index (χ1n) is 9.75. The van der Waals surface area contributed by atoms with Crippen LogP contribution in [0, 0.1) is 0 Å². The summed E-state index contributed by atoms with van der Waals surface area (Å²) in [5.74, 6) is -0.349. The van der Waals surface area contributed by atoms with Gasteiger partial charge < -0.3 is 19.4 Å². The highest BCUT2D eigenvalue weighted by atomic mass is 35.5. The first-order valence-corrected chi connectivity index (χ1v) is 10.5. The van der Waals surface area contributed by atoms with Gasteiger partial charge in [-0.15, -0.1) is 5.10 Å². The largest absolute Gasteiger partial charge is 0.445 e. The van der Waals surface area contributed by atoms with Crippen LogP contribution in [0.4, 0.5) is 10.5 Å². The lowest BCUT2D eigenvalue weighted by atomic mass is 10.0. The second kappa shape index (κ2) is 9.45. The summed E-state index contributed by atoms with van der Waals surface area (Å²) < 4.78 is 10.4. The number of nitrogens with one attached hydrogen (secondary N) is 2. The maximum Gasteiger partial charge on any atom is 0.434 e. The van der Waals surface area contributed by atoms with Crippen molar-refractivity contribution in [3.05, 3.63) is 68.6 Å². The number of benzene rings is 2. The molecular formula is C21H20Cl2N4O4. The van der Waals surface area contributed by atoms with Gasteiger partial charge in [0.25, 0.3) is 0 Å². The van der Waals surface area contributed by atoms with Crippen molar-refractivity contribution in [3.8, 4) is 11.5 Å². The standard InChI is InChI=1S/C21H20Cl2N4O4/c22-15-8-13(9-16(23)11-15)12-30-21(29)27-6-4-17(5-7-27)24-18-3-1-2-14(10-18)19-25-26-20(28)31-19/h1-3,8-11,17,24H,4-7,12H2,(H,26,28). The molecule has 31 heavy (non-hydrogen) atoms. The molecule has 10 heteroatoms. The molecule has 1 aromatic heterocycles. The van der Waals surface area contributed by atoms with Crippen molar-refractivity contribution in [1.29, 1.82) is 0 Å². The molecule has 0 atom stereocenters. The second-order valence-electron chi connectivity index (χ2n) is 7.24. The Morgan fingerprint density at radius 2 is 1.94 bits per heavy atom. The fourth-order valence-corrected chi connectivity index (χ4v) is 4.04. The molecule has 0 saturated carbocycles. The average Bonchev–Trinajstić information content (AvgIpc) is 3.18. The van der Waals surface area contributed by atoms with E-state index in [2.05, 4.69) is 15.5 Å². The number of carbonyl (C=O) groups is 1. The predicted molar refractivity (Wildman–Crippen MR) is 117 cm³/mol. The van der Waals surface area contributed by atoms with Gasteiger partial charge in [-0.2, -0.15) is 0 Å². The van der Waals surface area contributed by atoms with Crippen molar-refractivity contribution in [2.75, 3.05) is 18.4 Å². The molecule has 162 valence electrons. The quantitative estimate of drug-likeness (QED) is 0.576. The molecule has 1 amide bonds. The minimum Gasteiger partial charge on any atom is -0.445 e. The fourth-order valence-electron chi connectivity index (χ4n) is 3.47. The third-order valence-electron chi connectivity index (χ3n) is 4.96. The molecule has 0 spiro atoms. The van der Waals surface area contributed by atoms with E-state index in [4.69, 9.17) is 32.4 Å². The predicted octanol–water partition coefficient (Wildman–Crippen LogP) is 4.55. The summed E-state index contributed by atoms with van der Waals surface area (Å²) in [6.07, 6.45) is 1.20. The summed E-state index contributed by atoms with van der Waals surface area (Å²) in [5.41, 5.74) is 2.34. The number of anilines is 1. The van der Waals surface area contributed by atoms with Crippen LogP contribution in [0.25, 0.3) is 11.5 Å². The van der Waals surface area contributed by atoms with Gasteiger partial charge in [0.2, 0.25) is 5.89 Å². The van der Waals surface area contributed by atoms with E-state index < -0.39 is 5.76 Å². The monoisotopic (exact) mass is 462 g/mol. The molecule has 0 radical (unpaired) electrons. The van der Waals surface area contributed by atoms with E-state index in [0.29, 0.717) is 28.7 Å². The van der Waals surface area contributed by atoms with E-state index in [1.165, 1.54) is 0 Å². The van der Waals surface area contributed by atoms with E-state index in [-0.39, 0.29) is 24.6 Å². The van der Waals surface area contributed by atoms with Gasteiger partial charge in [0.15, 0.2) is 0 Å². The Balaban J connectivity index is 1.28. The van der Waals surface area contributed by atoms with Crippen molar-refractivity contribution in [2.24, 2.45) is 0 Å². The highest BCUT2D eigenvalue weighted by molar-refractivity contribution is 6.34. The number of amides is 1. The smallest absolute Gasteiger partial charge is 0.434 e. The Hall–Kier alpha value is -2.97. The summed E-state index contributed by atoms with van der Waals surface area (Å²) in [6, 6.07) is 12.8. The van der Waals surface area contributed by atoms with Gasteiger partial charge in [0.1, 0.15) is 6.61 Å². The van der Waals surface area contributed by atoms with Crippen LogP contribution in [-0.2, 0) is 11.3 Å². The Bertz CT molecular complexity index is 1100. The minimum atomic E-state index is -0.592. The summed E-state index contributed by atoms with van der Waals surface area (Å²) in [6.45, 7) is 1.29. The number of nitrogens with zero attached hydrogens (tertiary/aromatic N) is 2. The first kappa shape index (κ1) is 21.3. The second-order valence-corrected chi connectivity index (χ2v) is 8.11. The lowest BCUT2D eigenvalue weighted by molar-refractivity contribution is 0.0882. The van der Waals surface area contributed by atoms with Crippen molar-refractivity contribution < 1.29 is 13.9 Å². The number of halogens is 2. The molecule has 2 heterocycles. The lowest BCUT2D eigenvalue weighted by Crippen LogP contribution is -2.42. The minimum absolute atomic E-state index is 0.118. The molecule has 2 aromatic carbocycles. The molecule has 3 aromatic rings. The number of piperidine rings is 1. The molecule has 8 nitrogen and oxygen atoms in total. The zero-order chi connectivity index (χ0) is 21.8. The summed E-state index contributed by atoms with van der Waals surface area (Å²) in [4.78, 5) is 25.2. The number of hydrogen-bond donors (Lipinski definition) is 2. The Morgan fingerprint density at radius 1 is 1.19 bits per heavy atom.